The van der Waals surface area contributed by atoms with E-state index in [1.54, 1.807) is 0 Å². The van der Waals surface area contributed by atoms with Crippen LogP contribution in [0.2, 0.25) is 0 Å². The van der Waals surface area contributed by atoms with Crippen LogP contribution in [0.1, 0.15) is 57.2 Å². The Morgan fingerprint density at radius 1 is 0.604 bits per heavy atom. The number of furan rings is 1. The van der Waals surface area contributed by atoms with Crippen molar-refractivity contribution in [3.05, 3.63) is 144 Å². The van der Waals surface area contributed by atoms with Gasteiger partial charge in [-0.2, -0.15) is 0 Å². The Kier molecular flexibility index (Phi) is 6.37. The Morgan fingerprint density at radius 3 is 1.89 bits per heavy atom. The van der Waals surface area contributed by atoms with Gasteiger partial charge in [-0.05, 0) is 111 Å². The molecule has 0 atom stereocenters. The van der Waals surface area contributed by atoms with Crippen molar-refractivity contribution >= 4 is 68.4 Å². The predicted molar refractivity (Wildman–Crippen MR) is 220 cm³/mol. The molecule has 258 valence electrons. The summed E-state index contributed by atoms with van der Waals surface area (Å²) in [5.41, 5.74) is 17.0. The van der Waals surface area contributed by atoms with Gasteiger partial charge >= 0.3 is 0 Å². The fraction of sp³-hybridized carbons (Fsp3) is 0.208. The van der Waals surface area contributed by atoms with Gasteiger partial charge in [-0.3, -0.25) is 4.90 Å². The van der Waals surface area contributed by atoms with E-state index in [9.17, 15) is 0 Å². The van der Waals surface area contributed by atoms with Crippen LogP contribution >= 0.6 is 0 Å². The minimum Gasteiger partial charge on any atom is -0.491 e. The molecule has 0 N–H and O–H groups in total. The lowest BCUT2D eigenvalue weighted by Crippen LogP contribution is -2.61. The number of anilines is 6. The van der Waals surface area contributed by atoms with Crippen LogP contribution in [-0.2, 0) is 17.3 Å². The standard InChI is InChI=1S/C48H41BN2O2/c1-47(2)23-24-48(3,4)37-29-41-35(28-36(37)47)42-46(53-41)51(34-18-12-7-13-19-34)40-27-32(30-14-8-5-9-15-30)26-39-43(40)49(42)38-21-20-31-22-25-52-45(31)44(38)50(39)33-16-10-6-11-17-33/h5-21,26-29H,22-25H2,1-4H3. The van der Waals surface area contributed by atoms with Crippen LogP contribution in [0.5, 0.6) is 5.75 Å². The Hall–Kier alpha value is -5.68. The molecule has 0 unspecified atom stereocenters. The van der Waals surface area contributed by atoms with Crippen molar-refractivity contribution < 1.29 is 9.15 Å². The molecule has 0 amide bonds. The highest BCUT2D eigenvalue weighted by atomic mass is 16.5. The van der Waals surface area contributed by atoms with E-state index in [0.29, 0.717) is 6.61 Å². The number of benzene rings is 6. The van der Waals surface area contributed by atoms with Crippen LogP contribution in [0, 0.1) is 0 Å². The summed E-state index contributed by atoms with van der Waals surface area (Å²) in [5, 5.41) is 1.21. The molecular weight excluding hydrogens is 647 g/mol. The third-order valence-corrected chi connectivity index (χ3v) is 12.6. The molecule has 53 heavy (non-hydrogen) atoms. The van der Waals surface area contributed by atoms with Crippen LogP contribution in [0.15, 0.2) is 132 Å². The van der Waals surface area contributed by atoms with Crippen molar-refractivity contribution in [1.82, 2.24) is 0 Å². The number of fused-ring (bicyclic) bond motifs is 9. The van der Waals surface area contributed by atoms with Crippen LogP contribution in [0.25, 0.3) is 22.1 Å². The average Bonchev–Trinajstić information content (AvgIpc) is 3.82. The topological polar surface area (TPSA) is 28.9 Å². The number of para-hydroxylation sites is 2. The maximum Gasteiger partial charge on any atom is 0.257 e. The van der Waals surface area contributed by atoms with Gasteiger partial charge in [0.2, 0.25) is 5.88 Å². The van der Waals surface area contributed by atoms with E-state index in [1.807, 2.05) is 0 Å². The number of nitrogens with zero attached hydrogens (tertiary/aromatic N) is 2. The van der Waals surface area contributed by atoms with Gasteiger partial charge in [-0.25, -0.2) is 0 Å². The molecule has 0 saturated heterocycles. The summed E-state index contributed by atoms with van der Waals surface area (Å²) in [6.45, 7) is 10.3. The molecule has 0 spiro atoms. The second-order valence-electron chi connectivity index (χ2n) is 16.6. The monoisotopic (exact) mass is 688 g/mol. The van der Waals surface area contributed by atoms with E-state index in [4.69, 9.17) is 9.15 Å². The fourth-order valence-corrected chi connectivity index (χ4v) is 9.77. The number of ether oxygens (including phenoxy) is 1. The highest BCUT2D eigenvalue weighted by Crippen LogP contribution is 2.52. The highest BCUT2D eigenvalue weighted by Gasteiger charge is 2.49. The normalized spacial score (nSPS) is 17.1. The Balaban J connectivity index is 1.31. The lowest BCUT2D eigenvalue weighted by Gasteiger charge is -2.43. The minimum atomic E-state index is -0.0664. The maximum atomic E-state index is 7.28. The van der Waals surface area contributed by atoms with Crippen molar-refractivity contribution in [2.24, 2.45) is 0 Å². The van der Waals surface area contributed by atoms with E-state index < -0.39 is 0 Å². The summed E-state index contributed by atoms with van der Waals surface area (Å²) >= 11 is 0. The third kappa shape index (κ3) is 4.37. The Bertz CT molecular complexity index is 2610. The third-order valence-electron chi connectivity index (χ3n) is 12.6. The summed E-state index contributed by atoms with van der Waals surface area (Å²) in [6.07, 6.45) is 3.23. The predicted octanol–water partition coefficient (Wildman–Crippen LogP) is 10.5. The molecule has 7 aromatic rings. The molecule has 1 aliphatic carbocycles. The summed E-state index contributed by atoms with van der Waals surface area (Å²) in [5.74, 6) is 1.90. The largest absolute Gasteiger partial charge is 0.491 e. The zero-order valence-corrected chi connectivity index (χ0v) is 30.7. The van der Waals surface area contributed by atoms with Crippen molar-refractivity contribution in [2.75, 3.05) is 16.4 Å². The number of rotatable bonds is 3. The van der Waals surface area contributed by atoms with Crippen molar-refractivity contribution in [1.29, 1.82) is 0 Å². The average molecular weight is 689 g/mol. The molecule has 0 bridgehead atoms. The van der Waals surface area contributed by atoms with Gasteiger partial charge in [0, 0.05) is 40.0 Å². The molecule has 6 aromatic carbocycles. The maximum absolute atomic E-state index is 7.28. The van der Waals surface area contributed by atoms with Gasteiger partial charge in [0.25, 0.3) is 6.71 Å². The summed E-state index contributed by atoms with van der Waals surface area (Å²) in [6, 6.07) is 46.8. The first-order chi connectivity index (χ1) is 25.8. The Labute approximate surface area is 311 Å². The van der Waals surface area contributed by atoms with Crippen molar-refractivity contribution in [2.45, 2.75) is 57.8 Å². The van der Waals surface area contributed by atoms with Gasteiger partial charge in [0.1, 0.15) is 11.3 Å². The molecule has 1 aromatic heterocycles. The van der Waals surface area contributed by atoms with Crippen molar-refractivity contribution in [3.63, 3.8) is 0 Å². The molecule has 4 nitrogen and oxygen atoms in total. The molecule has 0 saturated carbocycles. The van der Waals surface area contributed by atoms with Gasteiger partial charge in [0.05, 0.1) is 12.3 Å². The van der Waals surface area contributed by atoms with Crippen LogP contribution in [0.4, 0.5) is 34.3 Å². The SMILES string of the molecule is CC1(C)CCC(C)(C)c2cc3c4c(oc3cc21)N(c1ccccc1)c1cc(-c2ccccc2)cc2c1B4c1ccc3c(c1N2c1ccccc1)OCC3. The van der Waals surface area contributed by atoms with Gasteiger partial charge in [-0.1, -0.05) is 107 Å². The zero-order chi connectivity index (χ0) is 35.6. The molecule has 11 rings (SSSR count). The first kappa shape index (κ1) is 30.9. The first-order valence-corrected chi connectivity index (χ1v) is 19.1. The minimum absolute atomic E-state index is 0.0634. The molecule has 4 heterocycles. The van der Waals surface area contributed by atoms with E-state index in [-0.39, 0.29) is 17.5 Å². The second-order valence-corrected chi connectivity index (χ2v) is 16.6. The van der Waals surface area contributed by atoms with Crippen LogP contribution in [-0.4, -0.2) is 13.3 Å². The van der Waals surface area contributed by atoms with E-state index in [1.165, 1.54) is 49.7 Å². The van der Waals surface area contributed by atoms with Crippen LogP contribution < -0.4 is 30.9 Å². The lowest BCUT2D eigenvalue weighted by atomic mass is 9.33. The molecular formula is C48H41BN2O2. The number of hydrogen-bond acceptors (Lipinski definition) is 4. The van der Waals surface area contributed by atoms with E-state index >= 15 is 0 Å². The molecule has 0 radical (unpaired) electrons. The van der Waals surface area contributed by atoms with Crippen LogP contribution in [0.3, 0.4) is 0 Å². The quantitative estimate of drug-likeness (QED) is 0.173. The Morgan fingerprint density at radius 2 is 1.21 bits per heavy atom. The highest BCUT2D eigenvalue weighted by molar-refractivity contribution is 7.01. The van der Waals surface area contributed by atoms with Crippen molar-refractivity contribution in [3.8, 4) is 16.9 Å². The molecule has 3 aliphatic heterocycles. The molecule has 0 fully saturated rings. The van der Waals surface area contributed by atoms with E-state index in [2.05, 4.69) is 165 Å². The first-order valence-electron chi connectivity index (χ1n) is 19.1. The van der Waals surface area contributed by atoms with Gasteiger partial charge < -0.3 is 14.1 Å². The second kappa shape index (κ2) is 10.9. The molecule has 5 heteroatoms. The van der Waals surface area contributed by atoms with Gasteiger partial charge in [-0.15, -0.1) is 0 Å². The lowest BCUT2D eigenvalue weighted by molar-refractivity contribution is 0.332. The van der Waals surface area contributed by atoms with E-state index in [0.717, 1.165) is 64.8 Å². The zero-order valence-electron chi connectivity index (χ0n) is 30.7. The smallest absolute Gasteiger partial charge is 0.257 e. The summed E-state index contributed by atoms with van der Waals surface area (Å²) in [4.78, 5) is 4.87. The summed E-state index contributed by atoms with van der Waals surface area (Å²) in [7, 11) is 0. The molecule has 4 aliphatic rings. The summed E-state index contributed by atoms with van der Waals surface area (Å²) < 4.78 is 13.9. The number of hydrogen-bond donors (Lipinski definition) is 0. The van der Waals surface area contributed by atoms with Gasteiger partial charge in [0.15, 0.2) is 0 Å². The fourth-order valence-electron chi connectivity index (χ4n) is 9.77.